The molecule has 0 bridgehead atoms. The number of fused-ring (bicyclic) bond motifs is 1. The SMILES string of the molecule is COc1cccc2c1N(C(=O)c1cc(Br)cn1C)CCC2. The molecule has 0 spiro atoms. The Hall–Kier alpha value is -1.75. The van der Waals surface area contributed by atoms with Crippen molar-refractivity contribution < 1.29 is 9.53 Å². The third-order valence-electron chi connectivity index (χ3n) is 3.84. The number of anilines is 1. The predicted octanol–water partition coefficient (Wildman–Crippen LogP) is 3.39. The van der Waals surface area contributed by atoms with Crippen molar-refractivity contribution in [3.8, 4) is 5.75 Å². The van der Waals surface area contributed by atoms with Gasteiger partial charge in [-0.15, -0.1) is 0 Å². The quantitative estimate of drug-likeness (QED) is 0.833. The number of aryl methyl sites for hydroxylation is 2. The van der Waals surface area contributed by atoms with Gasteiger partial charge in [0.25, 0.3) is 5.91 Å². The van der Waals surface area contributed by atoms with E-state index in [0.29, 0.717) is 5.69 Å². The van der Waals surface area contributed by atoms with Crippen molar-refractivity contribution in [2.24, 2.45) is 7.05 Å². The molecule has 3 rings (SSSR count). The lowest BCUT2D eigenvalue weighted by Gasteiger charge is -2.31. The van der Waals surface area contributed by atoms with E-state index in [9.17, 15) is 4.79 Å². The first-order valence-electron chi connectivity index (χ1n) is 6.91. The largest absolute Gasteiger partial charge is 0.495 e. The molecule has 1 aromatic carbocycles. The summed E-state index contributed by atoms with van der Waals surface area (Å²) < 4.78 is 8.21. The molecule has 0 fully saturated rings. The molecule has 0 saturated heterocycles. The van der Waals surface area contributed by atoms with Gasteiger partial charge in [-0.3, -0.25) is 4.79 Å². The fourth-order valence-corrected chi connectivity index (χ4v) is 3.38. The Morgan fingerprint density at radius 1 is 1.38 bits per heavy atom. The molecule has 1 aliphatic heterocycles. The third-order valence-corrected chi connectivity index (χ3v) is 4.27. The van der Waals surface area contributed by atoms with Gasteiger partial charge in [-0.1, -0.05) is 12.1 Å². The number of ether oxygens (including phenoxy) is 1. The molecule has 1 amide bonds. The highest BCUT2D eigenvalue weighted by atomic mass is 79.9. The molecular formula is C16H17BrN2O2. The summed E-state index contributed by atoms with van der Waals surface area (Å²) in [6, 6.07) is 7.81. The summed E-state index contributed by atoms with van der Waals surface area (Å²) >= 11 is 3.42. The smallest absolute Gasteiger partial charge is 0.275 e. The van der Waals surface area contributed by atoms with Crippen LogP contribution in [0.25, 0.3) is 0 Å². The van der Waals surface area contributed by atoms with Gasteiger partial charge in [0.2, 0.25) is 0 Å². The van der Waals surface area contributed by atoms with Crippen LogP contribution in [0.5, 0.6) is 5.75 Å². The number of nitrogens with zero attached hydrogens (tertiary/aromatic N) is 2. The van der Waals surface area contributed by atoms with Crippen LogP contribution in [0, 0.1) is 0 Å². The van der Waals surface area contributed by atoms with E-state index in [0.717, 1.165) is 35.3 Å². The van der Waals surface area contributed by atoms with Gasteiger partial charge in [-0.2, -0.15) is 0 Å². The van der Waals surface area contributed by atoms with Crippen molar-refractivity contribution in [2.75, 3.05) is 18.6 Å². The molecule has 0 aliphatic carbocycles. The van der Waals surface area contributed by atoms with Crippen molar-refractivity contribution in [1.29, 1.82) is 0 Å². The second-order valence-corrected chi connectivity index (χ2v) is 6.10. The number of amides is 1. The standard InChI is InChI=1S/C16H17BrN2O2/c1-18-10-12(17)9-13(18)16(20)19-8-4-6-11-5-3-7-14(21-2)15(11)19/h3,5,7,9-10H,4,6,8H2,1-2H3. The average molecular weight is 349 g/mol. The van der Waals surface area contributed by atoms with E-state index in [1.54, 1.807) is 7.11 Å². The van der Waals surface area contributed by atoms with Crippen molar-refractivity contribution >= 4 is 27.5 Å². The minimum absolute atomic E-state index is 0.00801. The maximum atomic E-state index is 12.9. The number of hydrogen-bond donors (Lipinski definition) is 0. The normalized spacial score (nSPS) is 14.0. The fraction of sp³-hybridized carbons (Fsp3) is 0.312. The molecule has 21 heavy (non-hydrogen) atoms. The second-order valence-electron chi connectivity index (χ2n) is 5.18. The van der Waals surface area contributed by atoms with Crippen LogP contribution >= 0.6 is 15.9 Å². The number of benzene rings is 1. The van der Waals surface area contributed by atoms with Crippen LogP contribution in [0.1, 0.15) is 22.5 Å². The first-order chi connectivity index (χ1) is 10.1. The molecule has 0 unspecified atom stereocenters. The van der Waals surface area contributed by atoms with Gasteiger partial charge in [0.15, 0.2) is 0 Å². The number of carbonyl (C=O) groups is 1. The summed E-state index contributed by atoms with van der Waals surface area (Å²) in [5.74, 6) is 0.766. The minimum atomic E-state index is 0.00801. The number of carbonyl (C=O) groups excluding carboxylic acids is 1. The summed E-state index contributed by atoms with van der Waals surface area (Å²) in [7, 11) is 3.52. The maximum Gasteiger partial charge on any atom is 0.275 e. The molecule has 4 nitrogen and oxygen atoms in total. The number of para-hydroxylation sites is 1. The van der Waals surface area contributed by atoms with Gasteiger partial charge in [-0.25, -0.2) is 0 Å². The van der Waals surface area contributed by atoms with E-state index in [1.165, 1.54) is 5.56 Å². The Morgan fingerprint density at radius 3 is 2.86 bits per heavy atom. The van der Waals surface area contributed by atoms with Gasteiger partial charge in [-0.05, 0) is 46.5 Å². The highest BCUT2D eigenvalue weighted by molar-refractivity contribution is 9.10. The Balaban J connectivity index is 2.06. The molecule has 0 atom stereocenters. The highest BCUT2D eigenvalue weighted by Gasteiger charge is 2.28. The molecular weight excluding hydrogens is 332 g/mol. The molecule has 2 heterocycles. The van der Waals surface area contributed by atoms with Crippen LogP contribution in [-0.2, 0) is 13.5 Å². The topological polar surface area (TPSA) is 34.5 Å². The minimum Gasteiger partial charge on any atom is -0.495 e. The van der Waals surface area contributed by atoms with E-state index in [1.807, 2.05) is 40.9 Å². The lowest BCUT2D eigenvalue weighted by molar-refractivity contribution is 0.0976. The summed E-state index contributed by atoms with van der Waals surface area (Å²) in [5, 5.41) is 0. The van der Waals surface area contributed by atoms with Crippen LogP contribution in [0.2, 0.25) is 0 Å². The van der Waals surface area contributed by atoms with E-state index in [-0.39, 0.29) is 5.91 Å². The van der Waals surface area contributed by atoms with Crippen LogP contribution < -0.4 is 9.64 Å². The van der Waals surface area contributed by atoms with Crippen molar-refractivity contribution in [2.45, 2.75) is 12.8 Å². The first-order valence-corrected chi connectivity index (χ1v) is 7.70. The molecule has 2 aromatic rings. The first kappa shape index (κ1) is 14.2. The van der Waals surface area contributed by atoms with Gasteiger partial charge in [0, 0.05) is 24.3 Å². The van der Waals surface area contributed by atoms with Gasteiger partial charge in [0.1, 0.15) is 11.4 Å². The van der Waals surface area contributed by atoms with Crippen molar-refractivity contribution in [3.05, 3.63) is 46.2 Å². The van der Waals surface area contributed by atoms with Crippen LogP contribution in [0.15, 0.2) is 34.9 Å². The Bertz CT molecular complexity index is 679. The van der Waals surface area contributed by atoms with Gasteiger partial charge in [0.05, 0.1) is 12.8 Å². The van der Waals surface area contributed by atoms with Gasteiger partial charge < -0.3 is 14.2 Å². The van der Waals surface area contributed by atoms with Gasteiger partial charge >= 0.3 is 0 Å². The van der Waals surface area contributed by atoms with E-state index in [4.69, 9.17) is 4.74 Å². The van der Waals surface area contributed by atoms with E-state index >= 15 is 0 Å². The number of halogens is 1. The van der Waals surface area contributed by atoms with E-state index < -0.39 is 0 Å². The fourth-order valence-electron chi connectivity index (χ4n) is 2.86. The summed E-state index contributed by atoms with van der Waals surface area (Å²) in [5.41, 5.74) is 2.75. The van der Waals surface area contributed by atoms with Crippen LogP contribution in [0.4, 0.5) is 5.69 Å². The number of rotatable bonds is 2. The predicted molar refractivity (Wildman–Crippen MR) is 86.1 cm³/mol. The lowest BCUT2D eigenvalue weighted by atomic mass is 10.0. The number of aromatic nitrogens is 1. The zero-order valence-electron chi connectivity index (χ0n) is 12.1. The molecule has 1 aromatic heterocycles. The molecule has 0 N–H and O–H groups in total. The van der Waals surface area contributed by atoms with Crippen LogP contribution in [0.3, 0.4) is 0 Å². The Morgan fingerprint density at radius 2 is 2.19 bits per heavy atom. The maximum absolute atomic E-state index is 12.9. The average Bonchev–Trinajstić information content (AvgIpc) is 2.84. The third kappa shape index (κ3) is 2.46. The highest BCUT2D eigenvalue weighted by Crippen LogP contribution is 2.37. The summed E-state index contributed by atoms with van der Waals surface area (Å²) in [6.45, 7) is 0.717. The zero-order chi connectivity index (χ0) is 15.0. The Labute approximate surface area is 132 Å². The Kier molecular flexibility index (Phi) is 3.76. The lowest BCUT2D eigenvalue weighted by Crippen LogP contribution is -2.36. The van der Waals surface area contributed by atoms with Crippen LogP contribution in [-0.4, -0.2) is 24.1 Å². The molecule has 0 saturated carbocycles. The molecule has 5 heteroatoms. The molecule has 0 radical (unpaired) electrons. The second kappa shape index (κ2) is 5.56. The molecule has 1 aliphatic rings. The number of hydrogen-bond acceptors (Lipinski definition) is 2. The van der Waals surface area contributed by atoms with E-state index in [2.05, 4.69) is 22.0 Å². The zero-order valence-corrected chi connectivity index (χ0v) is 13.7. The molecule has 110 valence electrons. The summed E-state index contributed by atoms with van der Waals surface area (Å²) in [4.78, 5) is 14.7. The monoisotopic (exact) mass is 348 g/mol. The summed E-state index contributed by atoms with van der Waals surface area (Å²) in [6.07, 6.45) is 3.84. The number of methoxy groups -OCH3 is 1. The van der Waals surface area contributed by atoms with Crippen molar-refractivity contribution in [1.82, 2.24) is 4.57 Å². The van der Waals surface area contributed by atoms with Crippen molar-refractivity contribution in [3.63, 3.8) is 0 Å².